The number of halogens is 5. The summed E-state index contributed by atoms with van der Waals surface area (Å²) in [6.07, 6.45) is 1.14. The van der Waals surface area contributed by atoms with Crippen LogP contribution in [0.25, 0.3) is 0 Å². The third-order valence-corrected chi connectivity index (χ3v) is 1.67. The molecule has 0 aromatic carbocycles. The maximum absolute atomic E-state index is 10.8. The zero-order valence-corrected chi connectivity index (χ0v) is 8.81. The fourth-order valence-electron chi connectivity index (χ4n) is 0.297. The van der Waals surface area contributed by atoms with E-state index in [-0.39, 0.29) is 5.03 Å². The smallest absolute Gasteiger partial charge is 0.206 e. The zero-order chi connectivity index (χ0) is 9.02. The molecule has 6 heteroatoms. The molecular weight excluding hydrogens is 253 g/mol. The van der Waals surface area contributed by atoms with Gasteiger partial charge < -0.3 is 0 Å². The van der Waals surface area contributed by atoms with Crippen LogP contribution >= 0.6 is 58.0 Å². The highest BCUT2D eigenvalue weighted by Gasteiger charge is 2.15. The Morgan fingerprint density at radius 1 is 1.18 bits per heavy atom. The average Bonchev–Trinajstić information content (AvgIpc) is 1.84. The molecule has 11 heavy (non-hydrogen) atoms. The van der Waals surface area contributed by atoms with Crippen LogP contribution in [0.5, 0.6) is 0 Å². The minimum atomic E-state index is -1.18. The lowest BCUT2D eigenvalue weighted by molar-refractivity contribution is -0.113. The predicted octanol–water partition coefficient (Wildman–Crippen LogP) is 3.29. The molecule has 1 nitrogen and oxygen atoms in total. The third-order valence-electron chi connectivity index (χ3n) is 0.706. The highest BCUT2D eigenvalue weighted by molar-refractivity contribution is 6.60. The summed E-state index contributed by atoms with van der Waals surface area (Å²) in [7, 11) is 0. The SMILES string of the molecule is O=C(/C(Cl)=C/C(Cl)Cl)C(Cl)Cl. The van der Waals surface area contributed by atoms with E-state index >= 15 is 0 Å². The summed E-state index contributed by atoms with van der Waals surface area (Å²) in [6.45, 7) is 0. The van der Waals surface area contributed by atoms with Gasteiger partial charge in [0.05, 0.1) is 5.03 Å². The van der Waals surface area contributed by atoms with Gasteiger partial charge in [-0.3, -0.25) is 4.79 Å². The first kappa shape index (κ1) is 11.9. The Hall–Kier alpha value is 0.860. The van der Waals surface area contributed by atoms with Gasteiger partial charge in [-0.2, -0.15) is 0 Å². The topological polar surface area (TPSA) is 17.1 Å². The van der Waals surface area contributed by atoms with Gasteiger partial charge in [0, 0.05) is 0 Å². The molecule has 0 aliphatic carbocycles. The summed E-state index contributed by atoms with van der Waals surface area (Å²) in [5, 5.41) is -0.157. The van der Waals surface area contributed by atoms with Gasteiger partial charge in [0.25, 0.3) is 0 Å². The van der Waals surface area contributed by atoms with Crippen LogP contribution in [0.3, 0.4) is 0 Å². The largest absolute Gasteiger partial charge is 0.290 e. The van der Waals surface area contributed by atoms with Gasteiger partial charge in [-0.15, -0.1) is 23.2 Å². The second kappa shape index (κ2) is 5.50. The van der Waals surface area contributed by atoms with Crippen molar-refractivity contribution in [1.82, 2.24) is 0 Å². The molecule has 0 saturated heterocycles. The van der Waals surface area contributed by atoms with Crippen molar-refractivity contribution in [3.05, 3.63) is 11.1 Å². The monoisotopic (exact) mass is 254 g/mol. The van der Waals surface area contributed by atoms with Crippen molar-refractivity contribution < 1.29 is 4.79 Å². The molecule has 0 radical (unpaired) electrons. The Morgan fingerprint density at radius 2 is 1.64 bits per heavy atom. The highest BCUT2D eigenvalue weighted by Crippen LogP contribution is 2.16. The average molecular weight is 256 g/mol. The van der Waals surface area contributed by atoms with E-state index in [0.717, 1.165) is 6.08 Å². The second-order valence-corrected chi connectivity index (χ2v) is 4.18. The molecule has 0 fully saturated rings. The van der Waals surface area contributed by atoms with Gasteiger partial charge in [0.1, 0.15) is 4.84 Å². The Labute approximate surface area is 89.2 Å². The van der Waals surface area contributed by atoms with E-state index in [0.29, 0.717) is 0 Å². The first-order valence-electron chi connectivity index (χ1n) is 2.43. The Kier molecular flexibility index (Phi) is 5.93. The molecule has 0 heterocycles. The number of ketones is 1. The molecule has 0 atom stereocenters. The van der Waals surface area contributed by atoms with Crippen LogP contribution in [0.1, 0.15) is 0 Å². The number of alkyl halides is 4. The summed E-state index contributed by atoms with van der Waals surface area (Å²) < 4.78 is 0. The molecule has 0 amide bonds. The summed E-state index contributed by atoms with van der Waals surface area (Å²) in [6, 6.07) is 0. The minimum absolute atomic E-state index is 0.157. The number of carbonyl (C=O) groups is 1. The number of rotatable bonds is 3. The maximum atomic E-state index is 10.8. The first-order chi connectivity index (χ1) is 4.95. The van der Waals surface area contributed by atoms with E-state index in [2.05, 4.69) is 0 Å². The normalized spacial score (nSPS) is 12.8. The molecular formula is C5H3Cl5O. The van der Waals surface area contributed by atoms with Crippen LogP contribution in [0, 0.1) is 0 Å². The van der Waals surface area contributed by atoms with Crippen molar-refractivity contribution in [3.63, 3.8) is 0 Å². The third kappa shape index (κ3) is 5.15. The first-order valence-corrected chi connectivity index (χ1v) is 4.55. The standard InChI is InChI=1S/C5H3Cl5O/c6-2(1-3(7)8)4(11)5(9)10/h1,3,5H/b2-1-. The van der Waals surface area contributed by atoms with Crippen molar-refractivity contribution >= 4 is 63.8 Å². The fraction of sp³-hybridized carbons (Fsp3) is 0.400. The molecule has 0 N–H and O–H groups in total. The lowest BCUT2D eigenvalue weighted by Gasteiger charge is -1.98. The fourth-order valence-corrected chi connectivity index (χ4v) is 1.26. The molecule has 0 rings (SSSR count). The number of allylic oxidation sites excluding steroid dienone is 2. The summed E-state index contributed by atoms with van der Waals surface area (Å²) in [5.74, 6) is -0.610. The van der Waals surface area contributed by atoms with E-state index in [1.54, 1.807) is 0 Å². The predicted molar refractivity (Wildman–Crippen MR) is 49.9 cm³/mol. The molecule has 0 unspecified atom stereocenters. The van der Waals surface area contributed by atoms with Gasteiger partial charge in [-0.1, -0.05) is 34.8 Å². The number of hydrogen-bond donors (Lipinski definition) is 0. The van der Waals surface area contributed by atoms with Gasteiger partial charge in [-0.05, 0) is 6.08 Å². The van der Waals surface area contributed by atoms with Crippen LogP contribution in [-0.2, 0) is 4.79 Å². The van der Waals surface area contributed by atoms with Crippen LogP contribution in [0.4, 0.5) is 0 Å². The lowest BCUT2D eigenvalue weighted by atomic mass is 10.4. The number of carbonyl (C=O) groups excluding carboxylic acids is 1. The summed E-state index contributed by atoms with van der Waals surface area (Å²) >= 11 is 26.4. The van der Waals surface area contributed by atoms with Crippen molar-refractivity contribution in [2.24, 2.45) is 0 Å². The van der Waals surface area contributed by atoms with E-state index in [1.807, 2.05) is 0 Å². The van der Waals surface area contributed by atoms with E-state index < -0.39 is 15.5 Å². The molecule has 0 aromatic rings. The van der Waals surface area contributed by atoms with Crippen molar-refractivity contribution in [3.8, 4) is 0 Å². The van der Waals surface area contributed by atoms with E-state index in [4.69, 9.17) is 58.0 Å². The van der Waals surface area contributed by atoms with Gasteiger partial charge in [0.15, 0.2) is 4.84 Å². The second-order valence-electron chi connectivity index (χ2n) is 1.51. The van der Waals surface area contributed by atoms with Gasteiger partial charge in [-0.25, -0.2) is 0 Å². The van der Waals surface area contributed by atoms with Crippen LogP contribution in [0.2, 0.25) is 0 Å². The van der Waals surface area contributed by atoms with Crippen molar-refractivity contribution in [1.29, 1.82) is 0 Å². The minimum Gasteiger partial charge on any atom is -0.290 e. The maximum Gasteiger partial charge on any atom is 0.206 e. The molecule has 0 saturated carbocycles. The molecule has 64 valence electrons. The molecule has 0 aromatic heterocycles. The lowest BCUT2D eigenvalue weighted by Crippen LogP contribution is -2.07. The Balaban J connectivity index is 4.24. The molecule has 0 aliphatic rings. The molecule has 0 bridgehead atoms. The van der Waals surface area contributed by atoms with E-state index in [9.17, 15) is 4.79 Å². The Bertz CT molecular complexity index is 174. The highest BCUT2D eigenvalue weighted by atomic mass is 35.5. The zero-order valence-electron chi connectivity index (χ0n) is 5.03. The van der Waals surface area contributed by atoms with Crippen LogP contribution < -0.4 is 0 Å². The van der Waals surface area contributed by atoms with Crippen LogP contribution in [-0.4, -0.2) is 15.5 Å². The summed E-state index contributed by atoms with van der Waals surface area (Å²) in [4.78, 5) is 8.79. The van der Waals surface area contributed by atoms with E-state index in [1.165, 1.54) is 0 Å². The molecule has 0 spiro atoms. The van der Waals surface area contributed by atoms with Gasteiger partial charge in [0.2, 0.25) is 5.78 Å². The summed E-state index contributed by atoms with van der Waals surface area (Å²) in [5.41, 5.74) is 0. The van der Waals surface area contributed by atoms with Crippen molar-refractivity contribution in [2.75, 3.05) is 0 Å². The number of Topliss-reactive ketones (excluding diaryl/α,β-unsaturated/α-hetero) is 1. The van der Waals surface area contributed by atoms with Crippen LogP contribution in [0.15, 0.2) is 11.1 Å². The Morgan fingerprint density at radius 3 is 1.91 bits per heavy atom. The molecule has 0 aliphatic heterocycles. The quantitative estimate of drug-likeness (QED) is 0.559. The van der Waals surface area contributed by atoms with Gasteiger partial charge >= 0.3 is 0 Å². The number of hydrogen-bond acceptors (Lipinski definition) is 1. The van der Waals surface area contributed by atoms with Crippen molar-refractivity contribution in [2.45, 2.75) is 9.67 Å².